The van der Waals surface area contributed by atoms with Crippen LogP contribution in [0.2, 0.25) is 0 Å². The maximum atomic E-state index is 4.46. The molecule has 0 spiro atoms. The Labute approximate surface area is 105 Å². The summed E-state index contributed by atoms with van der Waals surface area (Å²) in [5, 5.41) is 8.17. The lowest BCUT2D eigenvalue weighted by atomic mass is 9.79. The van der Waals surface area contributed by atoms with Crippen molar-refractivity contribution >= 4 is 5.69 Å². The molecule has 1 aromatic rings. The molecule has 2 rings (SSSR count). The van der Waals surface area contributed by atoms with E-state index >= 15 is 0 Å². The third-order valence-corrected chi connectivity index (χ3v) is 4.46. The van der Waals surface area contributed by atoms with E-state index in [-0.39, 0.29) is 0 Å². The van der Waals surface area contributed by atoms with E-state index in [4.69, 9.17) is 0 Å². The Balaban J connectivity index is 2.06. The second-order valence-corrected chi connectivity index (χ2v) is 5.78. The van der Waals surface area contributed by atoms with Crippen molar-refractivity contribution < 1.29 is 0 Å². The van der Waals surface area contributed by atoms with Crippen LogP contribution in [0.3, 0.4) is 0 Å². The molecule has 0 bridgehead atoms. The Morgan fingerprint density at radius 1 is 1.18 bits per heavy atom. The number of hydrogen-bond acceptors (Lipinski definition) is 2. The zero-order valence-electron chi connectivity index (χ0n) is 11.7. The number of nitrogens with one attached hydrogen (secondary N) is 1. The standard InChI is InChI=1S/C14H25N3/c1-9-6-7-13(8-10(9)2)15-14-11(3)16-17(5)12(14)4/h9-10,13,15H,6-8H2,1-5H3. The molecule has 1 aliphatic carbocycles. The van der Waals surface area contributed by atoms with Crippen LogP contribution in [0.5, 0.6) is 0 Å². The first-order valence-electron chi connectivity index (χ1n) is 6.75. The third-order valence-electron chi connectivity index (χ3n) is 4.46. The van der Waals surface area contributed by atoms with Gasteiger partial charge < -0.3 is 5.32 Å². The van der Waals surface area contributed by atoms with Crippen molar-refractivity contribution in [2.45, 2.75) is 53.0 Å². The van der Waals surface area contributed by atoms with Gasteiger partial charge in [0.1, 0.15) is 0 Å². The maximum Gasteiger partial charge on any atom is 0.0827 e. The monoisotopic (exact) mass is 235 g/mol. The van der Waals surface area contributed by atoms with Crippen molar-refractivity contribution in [2.75, 3.05) is 5.32 Å². The van der Waals surface area contributed by atoms with Gasteiger partial charge in [-0.05, 0) is 44.9 Å². The molecule has 0 amide bonds. The van der Waals surface area contributed by atoms with E-state index < -0.39 is 0 Å². The Hall–Kier alpha value is -0.990. The van der Waals surface area contributed by atoms with Gasteiger partial charge in [-0.1, -0.05) is 13.8 Å². The summed E-state index contributed by atoms with van der Waals surface area (Å²) in [5.41, 5.74) is 3.62. The van der Waals surface area contributed by atoms with E-state index in [1.165, 1.54) is 30.6 Å². The maximum absolute atomic E-state index is 4.46. The Kier molecular flexibility index (Phi) is 3.45. The van der Waals surface area contributed by atoms with Crippen LogP contribution in [-0.2, 0) is 7.05 Å². The highest BCUT2D eigenvalue weighted by molar-refractivity contribution is 5.52. The molecule has 96 valence electrons. The fraction of sp³-hybridized carbons (Fsp3) is 0.786. The molecule has 1 fully saturated rings. The van der Waals surface area contributed by atoms with E-state index in [0.717, 1.165) is 17.5 Å². The number of aromatic nitrogens is 2. The second kappa shape index (κ2) is 4.71. The quantitative estimate of drug-likeness (QED) is 0.852. The number of aryl methyl sites for hydroxylation is 2. The van der Waals surface area contributed by atoms with Crippen LogP contribution >= 0.6 is 0 Å². The zero-order chi connectivity index (χ0) is 12.6. The molecule has 0 radical (unpaired) electrons. The number of anilines is 1. The van der Waals surface area contributed by atoms with Crippen molar-refractivity contribution in [2.24, 2.45) is 18.9 Å². The molecule has 0 saturated heterocycles. The lowest BCUT2D eigenvalue weighted by molar-refractivity contribution is 0.261. The summed E-state index contributed by atoms with van der Waals surface area (Å²) < 4.78 is 1.96. The highest BCUT2D eigenvalue weighted by Gasteiger charge is 2.25. The van der Waals surface area contributed by atoms with Crippen LogP contribution < -0.4 is 5.32 Å². The van der Waals surface area contributed by atoms with Crippen LogP contribution in [0.4, 0.5) is 5.69 Å². The van der Waals surface area contributed by atoms with Crippen molar-refractivity contribution in [3.8, 4) is 0 Å². The van der Waals surface area contributed by atoms with Crippen molar-refractivity contribution in [3.63, 3.8) is 0 Å². The highest BCUT2D eigenvalue weighted by atomic mass is 15.3. The van der Waals surface area contributed by atoms with Crippen molar-refractivity contribution in [1.82, 2.24) is 9.78 Å². The van der Waals surface area contributed by atoms with E-state index in [1.807, 2.05) is 11.7 Å². The topological polar surface area (TPSA) is 29.9 Å². The third kappa shape index (κ3) is 2.48. The average Bonchev–Trinajstić information content (AvgIpc) is 2.50. The first-order chi connectivity index (χ1) is 7.99. The van der Waals surface area contributed by atoms with Gasteiger partial charge in [-0.25, -0.2) is 0 Å². The minimum Gasteiger partial charge on any atom is -0.379 e. The first-order valence-corrected chi connectivity index (χ1v) is 6.75. The number of rotatable bonds is 2. The molecule has 3 heteroatoms. The van der Waals surface area contributed by atoms with Crippen LogP contribution in [0.1, 0.15) is 44.5 Å². The lowest BCUT2D eigenvalue weighted by Gasteiger charge is -2.33. The summed E-state index contributed by atoms with van der Waals surface area (Å²) in [7, 11) is 2.01. The summed E-state index contributed by atoms with van der Waals surface area (Å²) in [6, 6.07) is 0.628. The summed E-state index contributed by atoms with van der Waals surface area (Å²) in [6.45, 7) is 8.98. The van der Waals surface area contributed by atoms with Crippen LogP contribution in [0.25, 0.3) is 0 Å². The largest absolute Gasteiger partial charge is 0.379 e. The highest BCUT2D eigenvalue weighted by Crippen LogP contribution is 2.32. The molecule has 1 saturated carbocycles. The van der Waals surface area contributed by atoms with Gasteiger partial charge in [0.2, 0.25) is 0 Å². The molecule has 3 atom stereocenters. The fourth-order valence-corrected chi connectivity index (χ4v) is 2.87. The second-order valence-electron chi connectivity index (χ2n) is 5.78. The van der Waals surface area contributed by atoms with Crippen molar-refractivity contribution in [3.05, 3.63) is 11.4 Å². The molecule has 1 aliphatic rings. The Morgan fingerprint density at radius 2 is 1.88 bits per heavy atom. The number of nitrogens with zero attached hydrogens (tertiary/aromatic N) is 2. The SMILES string of the molecule is Cc1nn(C)c(C)c1NC1CCC(C)C(C)C1. The van der Waals surface area contributed by atoms with E-state index in [2.05, 4.69) is 38.1 Å². The van der Waals surface area contributed by atoms with Gasteiger partial charge in [-0.2, -0.15) is 5.10 Å². The molecule has 0 aromatic carbocycles. The summed E-state index contributed by atoms with van der Waals surface area (Å²) >= 11 is 0. The first kappa shape index (κ1) is 12.5. The van der Waals surface area contributed by atoms with Gasteiger partial charge in [0.05, 0.1) is 17.1 Å². The molecular weight excluding hydrogens is 210 g/mol. The summed E-state index contributed by atoms with van der Waals surface area (Å²) in [4.78, 5) is 0. The van der Waals surface area contributed by atoms with Gasteiger partial charge in [0.25, 0.3) is 0 Å². The van der Waals surface area contributed by atoms with E-state index in [9.17, 15) is 0 Å². The van der Waals surface area contributed by atoms with Crippen LogP contribution in [0, 0.1) is 25.7 Å². The predicted molar refractivity (Wildman–Crippen MR) is 72.3 cm³/mol. The molecule has 3 nitrogen and oxygen atoms in total. The molecule has 1 N–H and O–H groups in total. The van der Waals surface area contributed by atoms with E-state index in [1.54, 1.807) is 0 Å². The normalized spacial score (nSPS) is 29.4. The molecule has 0 aliphatic heterocycles. The van der Waals surface area contributed by atoms with Crippen LogP contribution in [-0.4, -0.2) is 15.8 Å². The molecule has 1 aromatic heterocycles. The van der Waals surface area contributed by atoms with E-state index in [0.29, 0.717) is 6.04 Å². The Morgan fingerprint density at radius 3 is 2.41 bits per heavy atom. The van der Waals surface area contributed by atoms with Crippen molar-refractivity contribution in [1.29, 1.82) is 0 Å². The smallest absolute Gasteiger partial charge is 0.0827 e. The molecule has 1 heterocycles. The summed E-state index contributed by atoms with van der Waals surface area (Å²) in [6.07, 6.45) is 3.92. The minimum absolute atomic E-state index is 0.628. The lowest BCUT2D eigenvalue weighted by Crippen LogP contribution is -2.30. The van der Waals surface area contributed by atoms with Gasteiger partial charge >= 0.3 is 0 Å². The Bertz CT molecular complexity index is 394. The average molecular weight is 235 g/mol. The van der Waals surface area contributed by atoms with Gasteiger partial charge in [-0.3, -0.25) is 4.68 Å². The fourth-order valence-electron chi connectivity index (χ4n) is 2.87. The minimum atomic E-state index is 0.628. The molecule has 17 heavy (non-hydrogen) atoms. The number of hydrogen-bond donors (Lipinski definition) is 1. The zero-order valence-corrected chi connectivity index (χ0v) is 11.7. The predicted octanol–water partition coefficient (Wildman–Crippen LogP) is 3.27. The van der Waals surface area contributed by atoms with Gasteiger partial charge in [-0.15, -0.1) is 0 Å². The van der Waals surface area contributed by atoms with Gasteiger partial charge in [0.15, 0.2) is 0 Å². The van der Waals surface area contributed by atoms with Gasteiger partial charge in [0, 0.05) is 13.1 Å². The summed E-state index contributed by atoms with van der Waals surface area (Å²) in [5.74, 6) is 1.71. The molecular formula is C14H25N3. The molecule has 3 unspecified atom stereocenters. The van der Waals surface area contributed by atoms with Crippen LogP contribution in [0.15, 0.2) is 0 Å².